The predicted molar refractivity (Wildman–Crippen MR) is 114 cm³/mol. The van der Waals surface area contributed by atoms with Gasteiger partial charge in [0.2, 0.25) is 5.91 Å². The van der Waals surface area contributed by atoms with Crippen molar-refractivity contribution in [3.63, 3.8) is 0 Å². The van der Waals surface area contributed by atoms with Crippen LogP contribution < -0.4 is 10.1 Å². The van der Waals surface area contributed by atoms with Crippen molar-refractivity contribution in [1.82, 2.24) is 15.2 Å². The van der Waals surface area contributed by atoms with Crippen LogP contribution >= 0.6 is 0 Å². The summed E-state index contributed by atoms with van der Waals surface area (Å²) in [4.78, 5) is 31.3. The Morgan fingerprint density at radius 2 is 1.90 bits per heavy atom. The second kappa shape index (κ2) is 8.46. The number of nitrogens with zero attached hydrogens (tertiary/aromatic N) is 2. The zero-order chi connectivity index (χ0) is 21.1. The molecule has 6 heteroatoms. The van der Waals surface area contributed by atoms with Crippen LogP contribution in [0.25, 0.3) is 0 Å². The summed E-state index contributed by atoms with van der Waals surface area (Å²) in [5, 5.41) is 3.01. The number of aromatic nitrogens is 1. The standard InChI is InChI=1S/C24H29N3O3/c1-17(2)26-22(28)15-18-16-24(30-21-9-4-3-7-19(18)21)10-13-27(14-11-24)23(29)20-8-5-6-12-25-20/h3-9,12,17-18H,10-11,13-16H2,1-2H3,(H,26,28)/t18-/m0/s1. The van der Waals surface area contributed by atoms with Crippen LogP contribution in [0.2, 0.25) is 0 Å². The summed E-state index contributed by atoms with van der Waals surface area (Å²) in [7, 11) is 0. The molecule has 6 nitrogen and oxygen atoms in total. The summed E-state index contributed by atoms with van der Waals surface area (Å²) in [6.45, 7) is 5.21. The number of amides is 2. The first-order valence-corrected chi connectivity index (χ1v) is 10.7. The van der Waals surface area contributed by atoms with Gasteiger partial charge in [0.05, 0.1) is 0 Å². The van der Waals surface area contributed by atoms with E-state index in [0.29, 0.717) is 25.2 Å². The Bertz CT molecular complexity index is 905. The van der Waals surface area contributed by atoms with Crippen molar-refractivity contribution in [3.05, 3.63) is 59.9 Å². The van der Waals surface area contributed by atoms with Gasteiger partial charge >= 0.3 is 0 Å². The molecule has 1 aromatic heterocycles. The Labute approximate surface area is 177 Å². The van der Waals surface area contributed by atoms with Crippen molar-refractivity contribution in [2.24, 2.45) is 0 Å². The van der Waals surface area contributed by atoms with E-state index in [4.69, 9.17) is 4.74 Å². The van der Waals surface area contributed by atoms with Gasteiger partial charge in [0.15, 0.2) is 0 Å². The second-order valence-corrected chi connectivity index (χ2v) is 8.66. The molecule has 0 saturated carbocycles. The van der Waals surface area contributed by atoms with Crippen molar-refractivity contribution < 1.29 is 14.3 Å². The largest absolute Gasteiger partial charge is 0.487 e. The van der Waals surface area contributed by atoms with Crippen LogP contribution in [0.15, 0.2) is 48.7 Å². The molecule has 2 aromatic rings. The van der Waals surface area contributed by atoms with E-state index in [2.05, 4.69) is 16.4 Å². The molecule has 4 rings (SSSR count). The van der Waals surface area contributed by atoms with Crippen molar-refractivity contribution >= 4 is 11.8 Å². The van der Waals surface area contributed by atoms with Crippen molar-refractivity contribution in [2.45, 2.75) is 57.1 Å². The second-order valence-electron chi connectivity index (χ2n) is 8.66. The number of benzene rings is 1. The van der Waals surface area contributed by atoms with Gasteiger partial charge in [-0.3, -0.25) is 14.6 Å². The number of nitrogens with one attached hydrogen (secondary N) is 1. The Balaban J connectivity index is 1.48. The highest BCUT2D eigenvalue weighted by Crippen LogP contribution is 2.46. The number of rotatable bonds is 4. The van der Waals surface area contributed by atoms with E-state index in [0.717, 1.165) is 30.6 Å². The number of pyridine rings is 1. The molecule has 2 amide bonds. The summed E-state index contributed by atoms with van der Waals surface area (Å²) in [5.74, 6) is 1.03. The van der Waals surface area contributed by atoms with E-state index in [1.165, 1.54) is 0 Å². The number of hydrogen-bond donors (Lipinski definition) is 1. The van der Waals surface area contributed by atoms with Crippen LogP contribution in [0, 0.1) is 0 Å². The summed E-state index contributed by atoms with van der Waals surface area (Å²) in [6, 6.07) is 13.6. The maximum atomic E-state index is 12.8. The fraction of sp³-hybridized carbons (Fsp3) is 0.458. The third-order valence-electron chi connectivity index (χ3n) is 6.03. The molecule has 1 spiro atoms. The molecular weight excluding hydrogens is 378 g/mol. The van der Waals surface area contributed by atoms with Crippen molar-refractivity contribution in [3.8, 4) is 5.75 Å². The Kier molecular flexibility index (Phi) is 5.75. The topological polar surface area (TPSA) is 71.5 Å². The Hall–Kier alpha value is -2.89. The molecule has 1 N–H and O–H groups in total. The maximum absolute atomic E-state index is 12.8. The zero-order valence-electron chi connectivity index (χ0n) is 17.6. The fourth-order valence-electron chi connectivity index (χ4n) is 4.61. The number of piperidine rings is 1. The van der Waals surface area contributed by atoms with Crippen LogP contribution in [0.3, 0.4) is 0 Å². The first kappa shape index (κ1) is 20.4. The fourth-order valence-corrected chi connectivity index (χ4v) is 4.61. The summed E-state index contributed by atoms with van der Waals surface area (Å²) in [5.41, 5.74) is 1.25. The van der Waals surface area contributed by atoms with Gasteiger partial charge in [0, 0.05) is 50.5 Å². The molecule has 3 heterocycles. The quantitative estimate of drug-likeness (QED) is 0.842. The summed E-state index contributed by atoms with van der Waals surface area (Å²) in [6.07, 6.45) is 4.40. The molecule has 1 aromatic carbocycles. The van der Waals surface area contributed by atoms with Gasteiger partial charge in [-0.2, -0.15) is 0 Å². The summed E-state index contributed by atoms with van der Waals surface area (Å²) < 4.78 is 6.50. The third kappa shape index (κ3) is 4.32. The van der Waals surface area contributed by atoms with Crippen LogP contribution in [0.4, 0.5) is 0 Å². The SMILES string of the molecule is CC(C)NC(=O)C[C@H]1CC2(CCN(C(=O)c3ccccn3)CC2)Oc2ccccc21. The van der Waals surface area contributed by atoms with E-state index in [1.54, 1.807) is 12.3 Å². The molecule has 30 heavy (non-hydrogen) atoms. The van der Waals surface area contributed by atoms with Crippen LogP contribution in [0.5, 0.6) is 5.75 Å². The van der Waals surface area contributed by atoms with Crippen molar-refractivity contribution in [1.29, 1.82) is 0 Å². The van der Waals surface area contributed by atoms with E-state index < -0.39 is 0 Å². The Morgan fingerprint density at radius 3 is 2.60 bits per heavy atom. The average Bonchev–Trinajstić information content (AvgIpc) is 2.74. The average molecular weight is 408 g/mol. The lowest BCUT2D eigenvalue weighted by Gasteiger charge is -2.46. The van der Waals surface area contributed by atoms with Gasteiger partial charge < -0.3 is 15.0 Å². The molecule has 1 fully saturated rings. The minimum Gasteiger partial charge on any atom is -0.487 e. The minimum absolute atomic E-state index is 0.0329. The van der Waals surface area contributed by atoms with Crippen LogP contribution in [-0.4, -0.2) is 46.4 Å². The first-order valence-electron chi connectivity index (χ1n) is 10.7. The van der Waals surface area contributed by atoms with E-state index in [-0.39, 0.29) is 29.4 Å². The number of likely N-dealkylation sites (tertiary alicyclic amines) is 1. The molecular formula is C24H29N3O3. The highest BCUT2D eigenvalue weighted by Gasteiger charge is 2.44. The molecule has 1 atom stereocenters. The van der Waals surface area contributed by atoms with E-state index in [1.807, 2.05) is 49.1 Å². The van der Waals surface area contributed by atoms with Gasteiger partial charge in [-0.15, -0.1) is 0 Å². The maximum Gasteiger partial charge on any atom is 0.272 e. The number of ether oxygens (including phenoxy) is 1. The molecule has 0 aliphatic carbocycles. The predicted octanol–water partition coefficient (Wildman–Crippen LogP) is 3.54. The first-order chi connectivity index (χ1) is 14.5. The molecule has 1 saturated heterocycles. The van der Waals surface area contributed by atoms with Gasteiger partial charge in [-0.05, 0) is 44.0 Å². The van der Waals surface area contributed by atoms with Crippen LogP contribution in [0.1, 0.15) is 61.5 Å². The third-order valence-corrected chi connectivity index (χ3v) is 6.03. The van der Waals surface area contributed by atoms with Gasteiger partial charge in [-0.1, -0.05) is 24.3 Å². The minimum atomic E-state index is -0.335. The molecule has 2 aliphatic heterocycles. The number of hydrogen-bond acceptors (Lipinski definition) is 4. The number of carbonyl (C=O) groups is 2. The molecule has 0 radical (unpaired) electrons. The number of fused-ring (bicyclic) bond motifs is 1. The summed E-state index contributed by atoms with van der Waals surface area (Å²) >= 11 is 0. The van der Waals surface area contributed by atoms with E-state index >= 15 is 0 Å². The number of carbonyl (C=O) groups excluding carboxylic acids is 2. The molecule has 2 aliphatic rings. The lowest BCUT2D eigenvalue weighted by molar-refractivity contribution is -0.122. The number of para-hydroxylation sites is 1. The zero-order valence-corrected chi connectivity index (χ0v) is 17.6. The van der Waals surface area contributed by atoms with Gasteiger partial charge in [0.1, 0.15) is 17.0 Å². The lowest BCUT2D eigenvalue weighted by Crippen LogP contribution is -2.52. The van der Waals surface area contributed by atoms with Gasteiger partial charge in [-0.25, -0.2) is 0 Å². The van der Waals surface area contributed by atoms with Crippen LogP contribution in [-0.2, 0) is 4.79 Å². The smallest absolute Gasteiger partial charge is 0.272 e. The highest BCUT2D eigenvalue weighted by atomic mass is 16.5. The molecule has 158 valence electrons. The van der Waals surface area contributed by atoms with E-state index in [9.17, 15) is 9.59 Å². The normalized spacial score (nSPS) is 19.8. The molecule has 0 bridgehead atoms. The Morgan fingerprint density at radius 1 is 1.17 bits per heavy atom. The lowest BCUT2D eigenvalue weighted by atomic mass is 9.76. The van der Waals surface area contributed by atoms with Gasteiger partial charge in [0.25, 0.3) is 5.91 Å². The van der Waals surface area contributed by atoms with Crippen molar-refractivity contribution in [2.75, 3.05) is 13.1 Å². The monoisotopic (exact) mass is 407 g/mol. The highest BCUT2D eigenvalue weighted by molar-refractivity contribution is 5.92. The molecule has 0 unspecified atom stereocenters.